The Bertz CT molecular complexity index is 1040. The summed E-state index contributed by atoms with van der Waals surface area (Å²) in [7, 11) is 1.66. The third kappa shape index (κ3) is 3.19. The van der Waals surface area contributed by atoms with Gasteiger partial charge < -0.3 is 10.1 Å². The van der Waals surface area contributed by atoms with Gasteiger partial charge in [-0.2, -0.15) is 0 Å². The molecule has 4 rings (SSSR count). The SMILES string of the molecule is COc1ccc2cc(CNC(=O)c3cc4ccncc4s3)ccc2c1. The van der Waals surface area contributed by atoms with Gasteiger partial charge in [0.25, 0.3) is 5.91 Å². The van der Waals surface area contributed by atoms with Crippen LogP contribution in [0.4, 0.5) is 0 Å². The summed E-state index contributed by atoms with van der Waals surface area (Å²) in [6, 6.07) is 16.0. The molecule has 0 bridgehead atoms. The van der Waals surface area contributed by atoms with Crippen molar-refractivity contribution < 1.29 is 9.53 Å². The van der Waals surface area contributed by atoms with Gasteiger partial charge in [-0.1, -0.05) is 18.2 Å². The number of ether oxygens (including phenoxy) is 1. The average Bonchev–Trinajstić information content (AvgIpc) is 3.10. The predicted molar refractivity (Wildman–Crippen MR) is 101 cm³/mol. The van der Waals surface area contributed by atoms with Crippen LogP contribution in [0.2, 0.25) is 0 Å². The van der Waals surface area contributed by atoms with E-state index in [2.05, 4.69) is 16.4 Å². The molecule has 0 fully saturated rings. The van der Waals surface area contributed by atoms with Gasteiger partial charge >= 0.3 is 0 Å². The molecule has 0 spiro atoms. The number of nitrogens with zero attached hydrogens (tertiary/aromatic N) is 1. The summed E-state index contributed by atoms with van der Waals surface area (Å²) in [6.07, 6.45) is 3.52. The number of carbonyl (C=O) groups is 1. The lowest BCUT2D eigenvalue weighted by molar-refractivity contribution is 0.0955. The average molecular weight is 348 g/mol. The molecule has 0 radical (unpaired) electrons. The molecular weight excluding hydrogens is 332 g/mol. The van der Waals surface area contributed by atoms with Crippen LogP contribution in [0.5, 0.6) is 5.75 Å². The van der Waals surface area contributed by atoms with Gasteiger partial charge in [0, 0.05) is 18.9 Å². The topological polar surface area (TPSA) is 51.2 Å². The summed E-state index contributed by atoms with van der Waals surface area (Å²) in [5.74, 6) is 0.781. The minimum Gasteiger partial charge on any atom is -0.497 e. The van der Waals surface area contributed by atoms with Crippen LogP contribution in [0.3, 0.4) is 0 Å². The second-order valence-electron chi connectivity index (χ2n) is 5.75. The van der Waals surface area contributed by atoms with E-state index in [0.29, 0.717) is 11.4 Å². The van der Waals surface area contributed by atoms with Gasteiger partial charge in [0.1, 0.15) is 5.75 Å². The van der Waals surface area contributed by atoms with E-state index in [1.54, 1.807) is 19.5 Å². The number of amides is 1. The smallest absolute Gasteiger partial charge is 0.261 e. The van der Waals surface area contributed by atoms with Crippen LogP contribution in [-0.4, -0.2) is 18.0 Å². The number of nitrogens with one attached hydrogen (secondary N) is 1. The molecule has 2 aromatic carbocycles. The molecule has 124 valence electrons. The minimum atomic E-state index is -0.0592. The molecule has 0 saturated carbocycles. The normalized spacial score (nSPS) is 10.9. The van der Waals surface area contributed by atoms with Crippen molar-refractivity contribution in [1.29, 1.82) is 0 Å². The van der Waals surface area contributed by atoms with Crippen LogP contribution in [0.15, 0.2) is 60.9 Å². The molecule has 0 saturated heterocycles. The Morgan fingerprint density at radius 3 is 2.76 bits per heavy atom. The molecule has 0 aliphatic heterocycles. The highest BCUT2D eigenvalue weighted by Gasteiger charge is 2.10. The van der Waals surface area contributed by atoms with Crippen molar-refractivity contribution in [2.75, 3.05) is 7.11 Å². The highest BCUT2D eigenvalue weighted by Crippen LogP contribution is 2.25. The van der Waals surface area contributed by atoms with Gasteiger partial charge in [-0.25, -0.2) is 0 Å². The van der Waals surface area contributed by atoms with Crippen LogP contribution in [0, 0.1) is 0 Å². The molecule has 2 aromatic heterocycles. The second kappa shape index (κ2) is 6.53. The van der Waals surface area contributed by atoms with E-state index in [-0.39, 0.29) is 5.91 Å². The van der Waals surface area contributed by atoms with E-state index in [1.165, 1.54) is 11.3 Å². The van der Waals surface area contributed by atoms with Crippen molar-refractivity contribution in [3.63, 3.8) is 0 Å². The molecule has 0 aliphatic rings. The van der Waals surface area contributed by atoms with Crippen molar-refractivity contribution in [1.82, 2.24) is 10.3 Å². The maximum atomic E-state index is 12.4. The number of rotatable bonds is 4. The number of hydrogen-bond donors (Lipinski definition) is 1. The molecular formula is C20H16N2O2S. The zero-order valence-corrected chi connectivity index (χ0v) is 14.5. The van der Waals surface area contributed by atoms with E-state index in [4.69, 9.17) is 4.74 Å². The summed E-state index contributed by atoms with van der Waals surface area (Å²) in [5, 5.41) is 6.28. The third-order valence-electron chi connectivity index (χ3n) is 4.11. The highest BCUT2D eigenvalue weighted by molar-refractivity contribution is 7.20. The lowest BCUT2D eigenvalue weighted by atomic mass is 10.1. The van der Waals surface area contributed by atoms with Crippen LogP contribution in [0.1, 0.15) is 15.2 Å². The Morgan fingerprint density at radius 1 is 1.08 bits per heavy atom. The van der Waals surface area contributed by atoms with Crippen molar-refractivity contribution in [3.05, 3.63) is 71.4 Å². The Labute approximate surface area is 149 Å². The number of aromatic nitrogens is 1. The number of carbonyl (C=O) groups excluding carboxylic acids is 1. The molecule has 0 atom stereocenters. The second-order valence-corrected chi connectivity index (χ2v) is 6.84. The molecule has 4 aromatic rings. The maximum Gasteiger partial charge on any atom is 0.261 e. The first-order valence-electron chi connectivity index (χ1n) is 7.91. The number of hydrogen-bond acceptors (Lipinski definition) is 4. The van der Waals surface area contributed by atoms with Gasteiger partial charge in [-0.05, 0) is 52.1 Å². The van der Waals surface area contributed by atoms with Crippen LogP contribution >= 0.6 is 11.3 Å². The van der Waals surface area contributed by atoms with Crippen molar-refractivity contribution in [2.45, 2.75) is 6.54 Å². The van der Waals surface area contributed by atoms with Crippen LogP contribution in [0.25, 0.3) is 20.9 Å². The fourth-order valence-electron chi connectivity index (χ4n) is 2.78. The Kier molecular flexibility index (Phi) is 4.07. The summed E-state index contributed by atoms with van der Waals surface area (Å²) in [5.41, 5.74) is 1.06. The largest absolute Gasteiger partial charge is 0.497 e. The first-order chi connectivity index (χ1) is 12.2. The summed E-state index contributed by atoms with van der Waals surface area (Å²) in [4.78, 5) is 17.2. The third-order valence-corrected chi connectivity index (χ3v) is 5.20. The van der Waals surface area contributed by atoms with E-state index in [1.807, 2.05) is 42.5 Å². The van der Waals surface area contributed by atoms with Gasteiger partial charge in [0.15, 0.2) is 0 Å². The van der Waals surface area contributed by atoms with Gasteiger partial charge in [0.2, 0.25) is 0 Å². The molecule has 1 N–H and O–H groups in total. The quantitative estimate of drug-likeness (QED) is 0.595. The number of thiophene rings is 1. The van der Waals surface area contributed by atoms with Crippen molar-refractivity contribution in [3.8, 4) is 5.75 Å². The highest BCUT2D eigenvalue weighted by atomic mass is 32.1. The van der Waals surface area contributed by atoms with Crippen LogP contribution < -0.4 is 10.1 Å². The monoisotopic (exact) mass is 348 g/mol. The standard InChI is InChI=1S/C20H16N2O2S/c1-24-17-5-4-14-8-13(2-3-15(14)9-17)11-22-20(23)18-10-16-6-7-21-12-19(16)25-18/h2-10,12H,11H2,1H3,(H,22,23). The maximum absolute atomic E-state index is 12.4. The van der Waals surface area contributed by atoms with E-state index < -0.39 is 0 Å². The molecule has 5 heteroatoms. The lowest BCUT2D eigenvalue weighted by Crippen LogP contribution is -2.21. The van der Waals surface area contributed by atoms with E-state index in [0.717, 1.165) is 32.2 Å². The number of methoxy groups -OCH3 is 1. The number of fused-ring (bicyclic) bond motifs is 2. The number of pyridine rings is 1. The van der Waals surface area contributed by atoms with Crippen molar-refractivity contribution in [2.24, 2.45) is 0 Å². The summed E-state index contributed by atoms with van der Waals surface area (Å²) < 4.78 is 6.27. The minimum absolute atomic E-state index is 0.0592. The Balaban J connectivity index is 1.50. The summed E-state index contributed by atoms with van der Waals surface area (Å²) in [6.45, 7) is 0.493. The van der Waals surface area contributed by atoms with Gasteiger partial charge in [0.05, 0.1) is 16.7 Å². The van der Waals surface area contributed by atoms with Gasteiger partial charge in [-0.3, -0.25) is 9.78 Å². The lowest BCUT2D eigenvalue weighted by Gasteiger charge is -2.07. The molecule has 4 nitrogen and oxygen atoms in total. The first kappa shape index (κ1) is 15.6. The van der Waals surface area contributed by atoms with E-state index in [9.17, 15) is 4.79 Å². The molecule has 0 unspecified atom stereocenters. The van der Waals surface area contributed by atoms with E-state index >= 15 is 0 Å². The zero-order valence-electron chi connectivity index (χ0n) is 13.7. The fraction of sp³-hybridized carbons (Fsp3) is 0.100. The number of benzene rings is 2. The Hall–Kier alpha value is -2.92. The molecule has 1 amide bonds. The molecule has 2 heterocycles. The van der Waals surface area contributed by atoms with Gasteiger partial charge in [-0.15, -0.1) is 11.3 Å². The first-order valence-corrected chi connectivity index (χ1v) is 8.73. The fourth-order valence-corrected chi connectivity index (χ4v) is 3.72. The zero-order chi connectivity index (χ0) is 17.2. The van der Waals surface area contributed by atoms with Crippen molar-refractivity contribution >= 4 is 38.1 Å². The molecule has 25 heavy (non-hydrogen) atoms. The molecule has 0 aliphatic carbocycles. The Morgan fingerprint density at radius 2 is 1.92 bits per heavy atom. The predicted octanol–water partition coefficient (Wildman–Crippen LogP) is 4.39. The van der Waals surface area contributed by atoms with Crippen LogP contribution in [-0.2, 0) is 6.54 Å². The summed E-state index contributed by atoms with van der Waals surface area (Å²) >= 11 is 1.46.